The van der Waals surface area contributed by atoms with Crippen LogP contribution in [-0.4, -0.2) is 60.2 Å². The number of benzene rings is 2. The molecule has 3 aromatic rings. The summed E-state index contributed by atoms with van der Waals surface area (Å²) in [6.07, 6.45) is 3.51. The average Bonchev–Trinajstić information content (AvgIpc) is 3.41. The minimum absolute atomic E-state index is 0.0164. The number of fused-ring (bicyclic) bond motifs is 1. The molecule has 1 atom stereocenters. The lowest BCUT2D eigenvalue weighted by atomic mass is 10.0. The normalized spacial score (nSPS) is 16.6. The van der Waals surface area contributed by atoms with E-state index in [9.17, 15) is 23.5 Å². The lowest BCUT2D eigenvalue weighted by Crippen LogP contribution is -2.25. The lowest BCUT2D eigenvalue weighted by molar-refractivity contribution is -0.137. The Kier molecular flexibility index (Phi) is 8.65. The van der Waals surface area contributed by atoms with Crippen molar-refractivity contribution in [3.8, 4) is 0 Å². The van der Waals surface area contributed by atoms with Gasteiger partial charge in [-0.3, -0.25) is 23.5 Å². The highest BCUT2D eigenvalue weighted by Crippen LogP contribution is 2.49. The van der Waals surface area contributed by atoms with E-state index in [4.69, 9.17) is 5.11 Å². The van der Waals surface area contributed by atoms with Crippen molar-refractivity contribution in [1.82, 2.24) is 14.2 Å². The molecule has 2 heterocycles. The minimum Gasteiger partial charge on any atom is -0.481 e. The third kappa shape index (κ3) is 6.44. The number of carboxylic acids is 1. The number of nitrogens with one attached hydrogen (secondary N) is 2. The molecule has 4 rings (SSSR count). The van der Waals surface area contributed by atoms with E-state index >= 15 is 0 Å². The van der Waals surface area contributed by atoms with Gasteiger partial charge in [-0.2, -0.15) is 0 Å². The maximum absolute atomic E-state index is 13.5. The van der Waals surface area contributed by atoms with E-state index in [1.54, 1.807) is 30.4 Å². The fraction of sp³-hybridized carbons (Fsp3) is 0.393. The van der Waals surface area contributed by atoms with Gasteiger partial charge in [-0.1, -0.05) is 18.2 Å². The molecule has 210 valence electrons. The van der Waals surface area contributed by atoms with Crippen LogP contribution in [-0.2, 0) is 22.6 Å². The van der Waals surface area contributed by atoms with Crippen molar-refractivity contribution in [2.75, 3.05) is 24.7 Å². The van der Waals surface area contributed by atoms with Crippen LogP contribution in [0.15, 0.2) is 42.6 Å². The molecule has 11 heteroatoms. The number of aromatic nitrogens is 1. The van der Waals surface area contributed by atoms with Gasteiger partial charge in [0.25, 0.3) is 5.91 Å². The highest BCUT2D eigenvalue weighted by atomic mass is 32.3. The molecular weight excluding hydrogens is 520 g/mol. The van der Waals surface area contributed by atoms with E-state index in [2.05, 4.69) is 10.6 Å². The maximum Gasteiger partial charge on any atom is 0.303 e. The van der Waals surface area contributed by atoms with Crippen molar-refractivity contribution < 1.29 is 28.6 Å². The van der Waals surface area contributed by atoms with Gasteiger partial charge in [0.1, 0.15) is 6.04 Å². The number of amides is 2. The molecule has 0 spiro atoms. The molecule has 5 N–H and O–H groups in total. The summed E-state index contributed by atoms with van der Waals surface area (Å²) in [5.41, 5.74) is 4.45. The first kappa shape index (κ1) is 28.6. The summed E-state index contributed by atoms with van der Waals surface area (Å²) in [5.74, 6) is -1.000. The summed E-state index contributed by atoms with van der Waals surface area (Å²) < 4.78 is 24.2. The van der Waals surface area contributed by atoms with E-state index in [1.807, 2.05) is 42.0 Å². The van der Waals surface area contributed by atoms with Crippen LogP contribution in [0.25, 0.3) is 10.9 Å². The number of carbonyl (C=O) groups is 3. The molecular formula is C28H36N4O6S. The van der Waals surface area contributed by atoms with Crippen LogP contribution in [0, 0.1) is 6.92 Å². The van der Waals surface area contributed by atoms with Crippen molar-refractivity contribution in [2.45, 2.75) is 52.1 Å². The number of carbonyl (C=O) groups excluding carboxylic acids is 2. The maximum atomic E-state index is 13.5. The lowest BCUT2D eigenvalue weighted by Gasteiger charge is -2.36. The first-order valence-corrected chi connectivity index (χ1v) is 14.7. The van der Waals surface area contributed by atoms with Gasteiger partial charge in [0.05, 0.1) is 5.75 Å². The second-order valence-corrected chi connectivity index (χ2v) is 12.2. The molecule has 2 amide bonds. The molecule has 1 aromatic heterocycles. The van der Waals surface area contributed by atoms with E-state index in [0.29, 0.717) is 49.4 Å². The highest BCUT2D eigenvalue weighted by Gasteiger charge is 2.29. The van der Waals surface area contributed by atoms with Gasteiger partial charge in [0.15, 0.2) is 0 Å². The van der Waals surface area contributed by atoms with Gasteiger partial charge in [-0.25, -0.2) is 4.31 Å². The molecule has 10 nitrogen and oxygen atoms in total. The van der Waals surface area contributed by atoms with Crippen molar-refractivity contribution in [3.05, 3.63) is 64.8 Å². The van der Waals surface area contributed by atoms with E-state index in [-0.39, 0.29) is 18.2 Å². The zero-order valence-corrected chi connectivity index (χ0v) is 23.3. The predicted octanol–water partition coefficient (Wildman–Crippen LogP) is 4.79. The number of anilines is 1. The Balaban J connectivity index is 1.61. The predicted molar refractivity (Wildman–Crippen MR) is 153 cm³/mol. The number of carboxylic acid groups (broad SMARTS) is 1. The topological polar surface area (TPSA) is 144 Å². The van der Waals surface area contributed by atoms with Crippen LogP contribution in [0.2, 0.25) is 0 Å². The molecule has 1 unspecified atom stereocenters. The third-order valence-electron chi connectivity index (χ3n) is 7.19. The first-order chi connectivity index (χ1) is 18.5. The fourth-order valence-corrected chi connectivity index (χ4v) is 6.53. The number of aliphatic carboxylic acids is 1. The average molecular weight is 557 g/mol. The summed E-state index contributed by atoms with van der Waals surface area (Å²) in [6.45, 7) is 4.66. The Morgan fingerprint density at radius 3 is 2.56 bits per heavy atom. The number of hydrogen-bond acceptors (Lipinski definition) is 6. The summed E-state index contributed by atoms with van der Waals surface area (Å²) in [7, 11) is -1.22. The molecule has 0 radical (unpaired) electrons. The number of nitrogens with zero attached hydrogens (tertiary/aromatic N) is 2. The smallest absolute Gasteiger partial charge is 0.303 e. The zero-order chi connectivity index (χ0) is 28.3. The second kappa shape index (κ2) is 11.8. The molecule has 1 aliphatic heterocycles. The van der Waals surface area contributed by atoms with Crippen LogP contribution >= 0.6 is 10.8 Å². The Hall–Kier alpha value is -3.38. The van der Waals surface area contributed by atoms with Gasteiger partial charge in [0.2, 0.25) is 5.91 Å². The van der Waals surface area contributed by atoms with Gasteiger partial charge >= 0.3 is 5.97 Å². The molecule has 2 aromatic carbocycles. The van der Waals surface area contributed by atoms with Crippen LogP contribution in [0.4, 0.5) is 5.69 Å². The fourth-order valence-electron chi connectivity index (χ4n) is 4.98. The zero-order valence-electron chi connectivity index (χ0n) is 22.4. The van der Waals surface area contributed by atoms with E-state index in [0.717, 1.165) is 27.6 Å². The summed E-state index contributed by atoms with van der Waals surface area (Å²) in [5, 5.41) is 15.7. The van der Waals surface area contributed by atoms with Crippen molar-refractivity contribution in [1.29, 1.82) is 0 Å². The molecule has 0 saturated carbocycles. The van der Waals surface area contributed by atoms with Crippen LogP contribution in [0.3, 0.4) is 0 Å². The van der Waals surface area contributed by atoms with Gasteiger partial charge in [-0.05, 0) is 68.0 Å². The highest BCUT2D eigenvalue weighted by molar-refractivity contribution is 8.22. The molecule has 0 bridgehead atoms. The molecule has 0 aliphatic carbocycles. The van der Waals surface area contributed by atoms with Crippen molar-refractivity contribution in [3.63, 3.8) is 0 Å². The van der Waals surface area contributed by atoms with Crippen LogP contribution < -0.4 is 10.6 Å². The summed E-state index contributed by atoms with van der Waals surface area (Å²) in [6, 6.07) is 10.4. The second-order valence-electron chi connectivity index (χ2n) is 9.99. The molecule has 1 aliphatic rings. The largest absolute Gasteiger partial charge is 0.481 e. The summed E-state index contributed by atoms with van der Waals surface area (Å²) in [4.78, 5) is 36.8. The van der Waals surface area contributed by atoms with Crippen LogP contribution in [0.5, 0.6) is 0 Å². The molecule has 1 saturated heterocycles. The quantitative estimate of drug-likeness (QED) is 0.242. The van der Waals surface area contributed by atoms with Gasteiger partial charge < -0.3 is 20.3 Å². The summed E-state index contributed by atoms with van der Waals surface area (Å²) >= 11 is 0. The van der Waals surface area contributed by atoms with E-state index in [1.165, 1.54) is 0 Å². The Morgan fingerprint density at radius 1 is 1.13 bits per heavy atom. The molecule has 39 heavy (non-hydrogen) atoms. The Bertz CT molecular complexity index is 1400. The monoisotopic (exact) mass is 556 g/mol. The number of aryl methyl sites for hydroxylation is 2. The SMILES string of the molecule is CNC(=O)c1ccc2c(C)cn(C(C)C(=O)Nc3cc(CN4CCCS4(O)O)ccc3CCCC(=O)O)c2c1. The van der Waals surface area contributed by atoms with E-state index < -0.39 is 22.8 Å². The minimum atomic E-state index is -2.79. The molecule has 1 fully saturated rings. The Morgan fingerprint density at radius 2 is 1.90 bits per heavy atom. The van der Waals surface area contributed by atoms with Gasteiger partial charge in [0, 0.05) is 54.9 Å². The number of rotatable bonds is 10. The van der Waals surface area contributed by atoms with Crippen LogP contribution in [0.1, 0.15) is 59.3 Å². The van der Waals surface area contributed by atoms with Gasteiger partial charge in [-0.15, -0.1) is 10.8 Å². The van der Waals surface area contributed by atoms with Crippen molar-refractivity contribution in [2.24, 2.45) is 0 Å². The standard InChI is InChI=1S/C28H36N4O6S/c1-18-16-32(25-15-22(28(36)29-3)10-11-23(18)25)19(2)27(35)30-24-14-20(17-31-12-5-13-39(31,37)38)8-9-21(24)6-4-7-26(33)34/h8-11,14-16,19,37-38H,4-7,12-13,17H2,1-3H3,(H,29,36)(H,30,35)(H,33,34). The third-order valence-corrected chi connectivity index (χ3v) is 9.16. The first-order valence-electron chi connectivity index (χ1n) is 13.0. The number of hydrogen-bond donors (Lipinski definition) is 5. The Labute approximate surface area is 229 Å². The van der Waals surface area contributed by atoms with Crippen molar-refractivity contribution >= 4 is 45.1 Å².